The molecule has 0 amide bonds. The Hall–Kier alpha value is -0.970. The minimum absolute atomic E-state index is 0.0831. The summed E-state index contributed by atoms with van der Waals surface area (Å²) in [5, 5.41) is 8.76. The molecule has 5 heteroatoms. The van der Waals surface area contributed by atoms with Gasteiger partial charge in [0, 0.05) is 19.4 Å². The third kappa shape index (κ3) is 2.51. The lowest BCUT2D eigenvalue weighted by Gasteiger charge is -2.40. The predicted octanol–water partition coefficient (Wildman–Crippen LogP) is 0.842. The van der Waals surface area contributed by atoms with Gasteiger partial charge in [-0.3, -0.25) is 0 Å². The van der Waals surface area contributed by atoms with Crippen molar-refractivity contribution in [1.82, 2.24) is 4.90 Å². The summed E-state index contributed by atoms with van der Waals surface area (Å²) in [6, 6.07) is -0.463. The normalized spacial score (nSPS) is 20.1. The highest BCUT2D eigenvalue weighted by atomic mass is 32.1. The molecule has 1 atom stereocenters. The maximum Gasteiger partial charge on any atom is 0.326 e. The van der Waals surface area contributed by atoms with Crippen molar-refractivity contribution in [3.8, 4) is 0 Å². The van der Waals surface area contributed by atoms with Crippen LogP contribution in [-0.2, 0) is 9.59 Å². The van der Waals surface area contributed by atoms with Crippen LogP contribution in [0.15, 0.2) is 0 Å². The molecule has 1 heterocycles. The molecular weight excluding hydrogens is 202 g/mol. The first-order chi connectivity index (χ1) is 6.52. The van der Waals surface area contributed by atoms with Crippen LogP contribution < -0.4 is 0 Å². The zero-order valence-electron chi connectivity index (χ0n) is 8.02. The van der Waals surface area contributed by atoms with E-state index in [1.165, 1.54) is 6.92 Å². The van der Waals surface area contributed by atoms with E-state index in [9.17, 15) is 9.59 Å². The summed E-state index contributed by atoms with van der Waals surface area (Å²) in [5.74, 6) is -0.749. The molecule has 1 rings (SSSR count). The van der Waals surface area contributed by atoms with Crippen molar-refractivity contribution in [1.29, 1.82) is 0 Å². The fraction of sp³-hybridized carbons (Fsp3) is 0.667. The van der Waals surface area contributed by atoms with Crippen LogP contribution in [0.4, 0.5) is 0 Å². The van der Waals surface area contributed by atoms with E-state index in [-0.39, 0.29) is 5.78 Å². The molecule has 0 aromatic carbocycles. The molecule has 0 saturated carbocycles. The van der Waals surface area contributed by atoms with Gasteiger partial charge in [0.1, 0.15) is 11.8 Å². The van der Waals surface area contributed by atoms with Crippen molar-refractivity contribution in [2.75, 3.05) is 6.54 Å². The van der Waals surface area contributed by atoms with Crippen LogP contribution >= 0.6 is 12.2 Å². The van der Waals surface area contributed by atoms with E-state index in [0.717, 1.165) is 0 Å². The zero-order valence-corrected chi connectivity index (χ0v) is 8.84. The van der Waals surface area contributed by atoms with Crippen LogP contribution in [0.2, 0.25) is 0 Å². The third-order valence-corrected chi connectivity index (χ3v) is 2.75. The molecule has 4 nitrogen and oxygen atoms in total. The molecule has 0 aromatic rings. The number of hydrogen-bond donors (Lipinski definition) is 1. The topological polar surface area (TPSA) is 57.6 Å². The Balaban J connectivity index is 2.38. The van der Waals surface area contributed by atoms with Crippen LogP contribution in [0.5, 0.6) is 0 Å². The van der Waals surface area contributed by atoms with E-state index in [4.69, 9.17) is 17.3 Å². The Bertz CT molecular complexity index is 277. The highest BCUT2D eigenvalue weighted by Crippen LogP contribution is 2.20. The van der Waals surface area contributed by atoms with Crippen molar-refractivity contribution < 1.29 is 14.7 Å². The first-order valence-corrected chi connectivity index (χ1v) is 4.95. The van der Waals surface area contributed by atoms with E-state index in [2.05, 4.69) is 0 Å². The molecule has 0 aliphatic carbocycles. The van der Waals surface area contributed by atoms with Gasteiger partial charge in [-0.25, -0.2) is 4.79 Å². The van der Waals surface area contributed by atoms with Crippen LogP contribution in [0.3, 0.4) is 0 Å². The lowest BCUT2D eigenvalue weighted by atomic mass is 10.0. The highest BCUT2D eigenvalue weighted by molar-refractivity contribution is 7.80. The molecule has 0 spiro atoms. The molecule has 0 radical (unpaired) electrons. The van der Waals surface area contributed by atoms with Gasteiger partial charge in [0.05, 0.1) is 4.99 Å². The number of nitrogens with zero attached hydrogens (tertiary/aromatic N) is 1. The number of rotatable bonds is 4. The minimum atomic E-state index is -0.832. The molecular formula is C9H13NO3S. The molecule has 1 saturated heterocycles. The van der Waals surface area contributed by atoms with Crippen molar-refractivity contribution >= 4 is 29.0 Å². The number of carbonyl (C=O) groups is 2. The molecule has 1 aliphatic heterocycles. The van der Waals surface area contributed by atoms with Crippen molar-refractivity contribution in [3.63, 3.8) is 0 Å². The minimum Gasteiger partial charge on any atom is -0.480 e. The smallest absolute Gasteiger partial charge is 0.326 e. The number of carboxylic acid groups (broad SMARTS) is 1. The lowest BCUT2D eigenvalue weighted by molar-refractivity contribution is -0.145. The number of likely N-dealkylation sites (tertiary alicyclic amines) is 1. The highest BCUT2D eigenvalue weighted by Gasteiger charge is 2.35. The fourth-order valence-electron chi connectivity index (χ4n) is 1.37. The van der Waals surface area contributed by atoms with Crippen molar-refractivity contribution in [2.45, 2.75) is 32.2 Å². The summed E-state index contributed by atoms with van der Waals surface area (Å²) in [6.45, 7) is 2.21. The quantitative estimate of drug-likeness (QED) is 0.704. The van der Waals surface area contributed by atoms with Gasteiger partial charge < -0.3 is 14.8 Å². The van der Waals surface area contributed by atoms with Crippen LogP contribution in [0.25, 0.3) is 0 Å². The second-order valence-corrected chi connectivity index (χ2v) is 3.90. The number of thiocarbonyl (C=S) groups is 1. The summed E-state index contributed by atoms with van der Waals surface area (Å²) in [5.41, 5.74) is 0. The van der Waals surface area contributed by atoms with E-state index in [1.54, 1.807) is 4.90 Å². The summed E-state index contributed by atoms with van der Waals surface area (Å²) in [7, 11) is 0. The van der Waals surface area contributed by atoms with Gasteiger partial charge in [-0.1, -0.05) is 12.2 Å². The molecule has 1 aliphatic rings. The zero-order chi connectivity index (χ0) is 10.7. The van der Waals surface area contributed by atoms with E-state index in [1.807, 2.05) is 0 Å². The third-order valence-electron chi connectivity index (χ3n) is 2.32. The number of aliphatic carboxylic acids is 1. The van der Waals surface area contributed by atoms with Gasteiger partial charge in [0.25, 0.3) is 0 Å². The summed E-state index contributed by atoms with van der Waals surface area (Å²) in [6.07, 6.45) is 1.55. The van der Waals surface area contributed by atoms with Gasteiger partial charge in [-0.15, -0.1) is 0 Å². The SMILES string of the molecule is CC(=O)CCC(=S)N1CCC1C(=O)O. The maximum atomic E-state index is 10.7. The Morgan fingerprint density at radius 1 is 1.50 bits per heavy atom. The Labute approximate surface area is 87.9 Å². The number of Topliss-reactive ketones (excluding diaryl/α,β-unsaturated/α-hetero) is 1. The number of carboxylic acids is 1. The standard InChI is InChI=1S/C9H13NO3S/c1-6(11)2-3-8(14)10-5-4-7(10)9(12)13/h7H,2-5H2,1H3,(H,12,13). The van der Waals surface area contributed by atoms with Crippen molar-refractivity contribution in [2.24, 2.45) is 0 Å². The second kappa shape index (κ2) is 4.50. The van der Waals surface area contributed by atoms with Gasteiger partial charge in [0.2, 0.25) is 0 Å². The monoisotopic (exact) mass is 215 g/mol. The van der Waals surface area contributed by atoms with Crippen LogP contribution in [-0.4, -0.2) is 39.3 Å². The largest absolute Gasteiger partial charge is 0.480 e. The van der Waals surface area contributed by atoms with E-state index < -0.39 is 12.0 Å². The molecule has 1 unspecified atom stereocenters. The van der Waals surface area contributed by atoms with Gasteiger partial charge in [0.15, 0.2) is 0 Å². The average molecular weight is 215 g/mol. The second-order valence-electron chi connectivity index (χ2n) is 3.43. The molecule has 78 valence electrons. The fourth-order valence-corrected chi connectivity index (χ4v) is 1.69. The molecule has 14 heavy (non-hydrogen) atoms. The van der Waals surface area contributed by atoms with Gasteiger partial charge in [-0.05, 0) is 13.3 Å². The van der Waals surface area contributed by atoms with E-state index >= 15 is 0 Å². The van der Waals surface area contributed by atoms with E-state index in [0.29, 0.717) is 30.8 Å². The average Bonchev–Trinajstić information content (AvgIpc) is 1.97. The van der Waals surface area contributed by atoms with Gasteiger partial charge >= 0.3 is 5.97 Å². The summed E-state index contributed by atoms with van der Waals surface area (Å²) >= 11 is 5.05. The van der Waals surface area contributed by atoms with Crippen LogP contribution in [0.1, 0.15) is 26.2 Å². The molecule has 1 N–H and O–H groups in total. The number of ketones is 1. The molecule has 0 aromatic heterocycles. The molecule has 0 bridgehead atoms. The first-order valence-electron chi connectivity index (χ1n) is 4.54. The molecule has 1 fully saturated rings. The van der Waals surface area contributed by atoms with Gasteiger partial charge in [-0.2, -0.15) is 0 Å². The number of hydrogen-bond acceptors (Lipinski definition) is 3. The predicted molar refractivity (Wildman–Crippen MR) is 55.3 cm³/mol. The van der Waals surface area contributed by atoms with Crippen molar-refractivity contribution in [3.05, 3.63) is 0 Å². The summed E-state index contributed by atoms with van der Waals surface area (Å²) in [4.78, 5) is 23.6. The Kier molecular flexibility index (Phi) is 3.57. The lowest BCUT2D eigenvalue weighted by Crippen LogP contribution is -2.54. The number of carbonyl (C=O) groups excluding carboxylic acids is 1. The Morgan fingerprint density at radius 2 is 2.14 bits per heavy atom. The maximum absolute atomic E-state index is 10.7. The summed E-state index contributed by atoms with van der Waals surface area (Å²) < 4.78 is 0. The van der Waals surface area contributed by atoms with Crippen LogP contribution in [0, 0.1) is 0 Å². The Morgan fingerprint density at radius 3 is 2.50 bits per heavy atom. The first kappa shape index (κ1) is 11.1.